The van der Waals surface area contributed by atoms with Crippen LogP contribution in [0.3, 0.4) is 0 Å². The Labute approximate surface area is 216 Å². The average molecular weight is 503 g/mol. The second-order valence-corrected chi connectivity index (χ2v) is 8.90. The number of aryl methyl sites for hydroxylation is 1. The smallest absolute Gasteiger partial charge is 0.414 e. The third-order valence-electron chi connectivity index (χ3n) is 6.09. The number of pyridine rings is 1. The van der Waals surface area contributed by atoms with Crippen molar-refractivity contribution in [1.29, 1.82) is 0 Å². The highest BCUT2D eigenvalue weighted by Crippen LogP contribution is 2.29. The number of ether oxygens (including phenoxy) is 1. The third-order valence-corrected chi connectivity index (χ3v) is 6.09. The van der Waals surface area contributed by atoms with Gasteiger partial charge in [-0.3, -0.25) is 19.1 Å². The van der Waals surface area contributed by atoms with E-state index < -0.39 is 12.2 Å². The Morgan fingerprint density at radius 2 is 2.05 bits per heavy atom. The fourth-order valence-corrected chi connectivity index (χ4v) is 4.12. The van der Waals surface area contributed by atoms with Gasteiger partial charge in [-0.25, -0.2) is 4.79 Å². The SMILES string of the molecule is Cc1cc(N2CC(CNC(=O)/C=C/c3cccnc3)OC2=O)ccc1-c1ccc(CNCCCF)cc1. The zero-order valence-electron chi connectivity index (χ0n) is 20.8. The summed E-state index contributed by atoms with van der Waals surface area (Å²) in [5, 5.41) is 6.01. The van der Waals surface area contributed by atoms with E-state index in [0.29, 0.717) is 26.1 Å². The predicted molar refractivity (Wildman–Crippen MR) is 143 cm³/mol. The lowest BCUT2D eigenvalue weighted by Gasteiger charge is -2.16. The second kappa shape index (κ2) is 12.8. The van der Waals surface area contributed by atoms with E-state index in [4.69, 9.17) is 4.74 Å². The summed E-state index contributed by atoms with van der Waals surface area (Å²) in [4.78, 5) is 30.2. The number of halogens is 1. The molecule has 1 saturated heterocycles. The molecule has 192 valence electrons. The van der Waals surface area contributed by atoms with Crippen LogP contribution in [0.2, 0.25) is 0 Å². The van der Waals surface area contributed by atoms with Gasteiger partial charge in [0.1, 0.15) is 6.10 Å². The van der Waals surface area contributed by atoms with Crippen LogP contribution in [0.25, 0.3) is 17.2 Å². The quantitative estimate of drug-likeness (QED) is 0.294. The molecule has 4 rings (SSSR count). The molecule has 1 aromatic heterocycles. The van der Waals surface area contributed by atoms with Gasteiger partial charge in [-0.15, -0.1) is 0 Å². The van der Waals surface area contributed by atoms with Crippen LogP contribution >= 0.6 is 0 Å². The standard InChI is InChI=1S/C29H31FN4O3/c1-21-16-25(10-11-27(21)24-8-5-23(6-9-24)18-32-15-3-13-30)34-20-26(37-29(34)36)19-33-28(35)12-7-22-4-2-14-31-17-22/h2,4-12,14,16-17,26,32H,3,13,15,18-20H2,1H3,(H,33,35)/b12-7+. The summed E-state index contributed by atoms with van der Waals surface area (Å²) in [5.41, 5.74) is 5.93. The number of benzene rings is 2. The maximum atomic E-state index is 12.5. The van der Waals surface area contributed by atoms with Crippen LogP contribution < -0.4 is 15.5 Å². The van der Waals surface area contributed by atoms with E-state index >= 15 is 0 Å². The van der Waals surface area contributed by atoms with Crippen molar-refractivity contribution in [3.05, 3.63) is 89.8 Å². The summed E-state index contributed by atoms with van der Waals surface area (Å²) >= 11 is 0. The maximum Gasteiger partial charge on any atom is 0.414 e. The van der Waals surface area contributed by atoms with Crippen LogP contribution in [0.1, 0.15) is 23.1 Å². The molecule has 0 saturated carbocycles. The lowest BCUT2D eigenvalue weighted by molar-refractivity contribution is -0.116. The molecule has 1 fully saturated rings. The minimum Gasteiger partial charge on any atom is -0.442 e. The normalized spacial score (nSPS) is 15.2. The number of cyclic esters (lactones) is 1. The van der Waals surface area contributed by atoms with Gasteiger partial charge in [-0.1, -0.05) is 36.4 Å². The van der Waals surface area contributed by atoms with Crippen molar-refractivity contribution in [3.63, 3.8) is 0 Å². The van der Waals surface area contributed by atoms with Gasteiger partial charge in [-0.05, 0) is 72.0 Å². The summed E-state index contributed by atoms with van der Waals surface area (Å²) in [6, 6.07) is 17.8. The molecule has 8 heteroatoms. The first-order valence-electron chi connectivity index (χ1n) is 12.3. The number of alkyl halides is 1. The molecule has 0 spiro atoms. The Kier molecular flexibility index (Phi) is 8.99. The molecular weight excluding hydrogens is 471 g/mol. The van der Waals surface area contributed by atoms with Crippen molar-refractivity contribution in [1.82, 2.24) is 15.6 Å². The van der Waals surface area contributed by atoms with E-state index in [-0.39, 0.29) is 19.1 Å². The largest absolute Gasteiger partial charge is 0.442 e. The van der Waals surface area contributed by atoms with Gasteiger partial charge < -0.3 is 15.4 Å². The number of nitrogens with zero attached hydrogens (tertiary/aromatic N) is 2. The van der Waals surface area contributed by atoms with Gasteiger partial charge in [0, 0.05) is 30.7 Å². The number of aromatic nitrogens is 1. The number of anilines is 1. The highest BCUT2D eigenvalue weighted by Gasteiger charge is 2.32. The fraction of sp³-hybridized carbons (Fsp3) is 0.276. The number of carbonyl (C=O) groups excluding carboxylic acids is 2. The molecule has 1 aliphatic rings. The van der Waals surface area contributed by atoms with Gasteiger partial charge in [0.15, 0.2) is 0 Å². The van der Waals surface area contributed by atoms with Crippen molar-refractivity contribution in [3.8, 4) is 11.1 Å². The Hall–Kier alpha value is -4.04. The molecule has 0 aliphatic carbocycles. The molecule has 37 heavy (non-hydrogen) atoms. The van der Waals surface area contributed by atoms with E-state index in [0.717, 1.165) is 33.5 Å². The number of amides is 2. The molecule has 3 aromatic rings. The molecule has 0 bridgehead atoms. The molecule has 1 unspecified atom stereocenters. The summed E-state index contributed by atoms with van der Waals surface area (Å²) in [6.45, 7) is 3.66. The second-order valence-electron chi connectivity index (χ2n) is 8.90. The van der Waals surface area contributed by atoms with Crippen molar-refractivity contribution >= 4 is 23.8 Å². The zero-order chi connectivity index (χ0) is 26.0. The van der Waals surface area contributed by atoms with E-state index in [1.54, 1.807) is 29.4 Å². The number of carbonyl (C=O) groups is 2. The number of rotatable bonds is 11. The van der Waals surface area contributed by atoms with Crippen molar-refractivity contribution in [2.75, 3.05) is 31.2 Å². The summed E-state index contributed by atoms with van der Waals surface area (Å²) in [6.07, 6.45) is 6.11. The van der Waals surface area contributed by atoms with Gasteiger partial charge >= 0.3 is 6.09 Å². The Morgan fingerprint density at radius 1 is 1.22 bits per heavy atom. The molecule has 1 aliphatic heterocycles. The van der Waals surface area contributed by atoms with Crippen molar-refractivity contribution in [2.24, 2.45) is 0 Å². The Bertz CT molecular complexity index is 1230. The molecular formula is C29H31FN4O3. The van der Waals surface area contributed by atoms with Gasteiger partial charge in [0.05, 0.1) is 19.8 Å². The number of nitrogens with one attached hydrogen (secondary N) is 2. The minimum absolute atomic E-state index is 0.227. The molecule has 2 amide bonds. The van der Waals surface area contributed by atoms with Crippen LogP contribution in [0.5, 0.6) is 0 Å². The van der Waals surface area contributed by atoms with Gasteiger partial charge in [0.25, 0.3) is 0 Å². The Balaban J connectivity index is 1.31. The van der Waals surface area contributed by atoms with Crippen molar-refractivity contribution < 1.29 is 18.7 Å². The van der Waals surface area contributed by atoms with Crippen LogP contribution in [0.4, 0.5) is 14.9 Å². The molecule has 7 nitrogen and oxygen atoms in total. The summed E-state index contributed by atoms with van der Waals surface area (Å²) < 4.78 is 17.7. The number of hydrogen-bond donors (Lipinski definition) is 2. The maximum absolute atomic E-state index is 12.5. The lowest BCUT2D eigenvalue weighted by Crippen LogP contribution is -2.33. The van der Waals surface area contributed by atoms with Gasteiger partial charge in [0.2, 0.25) is 5.91 Å². The first-order valence-corrected chi connectivity index (χ1v) is 12.3. The molecule has 2 heterocycles. The highest BCUT2D eigenvalue weighted by molar-refractivity contribution is 5.92. The van der Waals surface area contributed by atoms with E-state index in [1.165, 1.54) is 6.08 Å². The monoisotopic (exact) mass is 502 g/mol. The lowest BCUT2D eigenvalue weighted by atomic mass is 9.98. The molecule has 2 aromatic carbocycles. The fourth-order valence-electron chi connectivity index (χ4n) is 4.12. The molecule has 0 radical (unpaired) electrons. The third kappa shape index (κ3) is 7.24. The Morgan fingerprint density at radius 3 is 2.78 bits per heavy atom. The number of hydrogen-bond acceptors (Lipinski definition) is 5. The van der Waals surface area contributed by atoms with Crippen LogP contribution in [-0.4, -0.2) is 49.4 Å². The zero-order valence-corrected chi connectivity index (χ0v) is 20.8. The predicted octanol–water partition coefficient (Wildman–Crippen LogP) is 4.66. The molecule has 2 N–H and O–H groups in total. The summed E-state index contributed by atoms with van der Waals surface area (Å²) in [5.74, 6) is -0.264. The first kappa shape index (κ1) is 26.0. The van der Waals surface area contributed by atoms with Crippen LogP contribution in [-0.2, 0) is 16.1 Å². The van der Waals surface area contributed by atoms with Crippen molar-refractivity contribution in [2.45, 2.75) is 26.0 Å². The highest BCUT2D eigenvalue weighted by atomic mass is 19.1. The summed E-state index contributed by atoms with van der Waals surface area (Å²) in [7, 11) is 0. The minimum atomic E-state index is -0.436. The van der Waals surface area contributed by atoms with Crippen LogP contribution in [0.15, 0.2) is 73.1 Å². The first-order chi connectivity index (χ1) is 18.0. The van der Waals surface area contributed by atoms with E-state index in [9.17, 15) is 14.0 Å². The van der Waals surface area contributed by atoms with Gasteiger partial charge in [-0.2, -0.15) is 0 Å². The average Bonchev–Trinajstić information content (AvgIpc) is 3.30. The molecule has 1 atom stereocenters. The topological polar surface area (TPSA) is 83.6 Å². The van der Waals surface area contributed by atoms with E-state index in [1.807, 2.05) is 31.2 Å². The van der Waals surface area contributed by atoms with E-state index in [2.05, 4.69) is 39.9 Å². The van der Waals surface area contributed by atoms with Crippen LogP contribution in [0, 0.1) is 6.92 Å².